The van der Waals surface area contributed by atoms with Gasteiger partial charge in [-0.15, -0.1) is 11.8 Å². The molecule has 0 saturated heterocycles. The lowest BCUT2D eigenvalue weighted by Gasteiger charge is -2.07. The van der Waals surface area contributed by atoms with E-state index in [1.807, 2.05) is 24.3 Å². The first-order chi connectivity index (χ1) is 11.6. The van der Waals surface area contributed by atoms with Crippen LogP contribution in [0.4, 0.5) is 4.39 Å². The Bertz CT molecular complexity index is 679. The van der Waals surface area contributed by atoms with Crippen molar-refractivity contribution in [2.45, 2.75) is 12.2 Å². The Labute approximate surface area is 150 Å². The van der Waals surface area contributed by atoms with Crippen molar-refractivity contribution in [2.24, 2.45) is 0 Å². The number of hydrogen-bond donors (Lipinski definition) is 1. The van der Waals surface area contributed by atoms with E-state index in [1.165, 1.54) is 24.9 Å². The first-order valence-electron chi connectivity index (χ1n) is 7.50. The highest BCUT2D eigenvalue weighted by atomic mass is 35.5. The highest BCUT2D eigenvalue weighted by Crippen LogP contribution is 2.20. The molecule has 2 aromatic carbocycles. The summed E-state index contributed by atoms with van der Waals surface area (Å²) >= 11 is 7.28. The van der Waals surface area contributed by atoms with Crippen LogP contribution in [0.15, 0.2) is 42.5 Å². The fraction of sp³-hybridized carbons (Fsp3) is 0.278. The Kier molecular flexibility index (Phi) is 7.40. The lowest BCUT2D eigenvalue weighted by molar-refractivity contribution is -0.118. The van der Waals surface area contributed by atoms with E-state index in [2.05, 4.69) is 5.32 Å². The predicted octanol–water partition coefficient (Wildman–Crippen LogP) is 4.08. The molecule has 0 atom stereocenters. The summed E-state index contributed by atoms with van der Waals surface area (Å²) in [5.41, 5.74) is 1.95. The fourth-order valence-electron chi connectivity index (χ4n) is 2.11. The molecule has 0 saturated carbocycles. The molecular weight excluding hydrogens is 349 g/mol. The Hall–Kier alpha value is -1.72. The van der Waals surface area contributed by atoms with E-state index in [0.29, 0.717) is 23.1 Å². The standard InChI is InChI=1S/C18H19ClFNO2S/c1-23-17-7-4-14(10-16(17)20)11-24-12-18(22)21-9-8-13-2-5-15(19)6-3-13/h2-7,10H,8-9,11-12H2,1H3,(H,21,22). The van der Waals surface area contributed by atoms with Gasteiger partial charge in [0.05, 0.1) is 12.9 Å². The molecule has 6 heteroatoms. The monoisotopic (exact) mass is 367 g/mol. The molecule has 0 bridgehead atoms. The van der Waals surface area contributed by atoms with E-state index in [4.69, 9.17) is 16.3 Å². The maximum Gasteiger partial charge on any atom is 0.230 e. The number of thioether (sulfide) groups is 1. The Morgan fingerprint density at radius 1 is 1.21 bits per heavy atom. The van der Waals surface area contributed by atoms with Crippen molar-refractivity contribution in [3.05, 3.63) is 64.4 Å². The molecule has 1 N–H and O–H groups in total. The fourth-order valence-corrected chi connectivity index (χ4v) is 3.04. The molecule has 0 radical (unpaired) electrons. The van der Waals surface area contributed by atoms with Gasteiger partial charge in [-0.2, -0.15) is 0 Å². The summed E-state index contributed by atoms with van der Waals surface area (Å²) in [6, 6.07) is 12.4. The van der Waals surface area contributed by atoms with Crippen LogP contribution >= 0.6 is 23.4 Å². The third kappa shape index (κ3) is 6.06. The summed E-state index contributed by atoms with van der Waals surface area (Å²) in [7, 11) is 1.43. The summed E-state index contributed by atoms with van der Waals surface area (Å²) in [5.74, 6) is 0.731. The van der Waals surface area contributed by atoms with Gasteiger partial charge >= 0.3 is 0 Å². The van der Waals surface area contributed by atoms with Crippen molar-refractivity contribution in [3.8, 4) is 5.75 Å². The van der Waals surface area contributed by atoms with Crippen molar-refractivity contribution in [1.82, 2.24) is 5.32 Å². The van der Waals surface area contributed by atoms with Crippen molar-refractivity contribution < 1.29 is 13.9 Å². The topological polar surface area (TPSA) is 38.3 Å². The van der Waals surface area contributed by atoms with Gasteiger partial charge in [0, 0.05) is 17.3 Å². The normalized spacial score (nSPS) is 10.5. The van der Waals surface area contributed by atoms with E-state index in [-0.39, 0.29) is 17.5 Å². The smallest absolute Gasteiger partial charge is 0.230 e. The molecule has 0 fully saturated rings. The van der Waals surface area contributed by atoms with Gasteiger partial charge in [-0.05, 0) is 41.8 Å². The van der Waals surface area contributed by atoms with Gasteiger partial charge in [0.25, 0.3) is 0 Å². The molecule has 2 rings (SSSR count). The average molecular weight is 368 g/mol. The number of carbonyl (C=O) groups is 1. The van der Waals surface area contributed by atoms with Gasteiger partial charge < -0.3 is 10.1 Å². The number of rotatable bonds is 8. The van der Waals surface area contributed by atoms with Crippen molar-refractivity contribution in [2.75, 3.05) is 19.4 Å². The maximum atomic E-state index is 13.6. The van der Waals surface area contributed by atoms with Crippen LogP contribution in [0, 0.1) is 5.82 Å². The highest BCUT2D eigenvalue weighted by Gasteiger charge is 2.05. The minimum Gasteiger partial charge on any atom is -0.494 e. The molecule has 0 spiro atoms. The van der Waals surface area contributed by atoms with Crippen LogP contribution in [-0.2, 0) is 17.0 Å². The summed E-state index contributed by atoms with van der Waals surface area (Å²) in [5, 5.41) is 3.58. The van der Waals surface area contributed by atoms with E-state index >= 15 is 0 Å². The zero-order chi connectivity index (χ0) is 17.4. The number of ether oxygens (including phenoxy) is 1. The van der Waals surface area contributed by atoms with Crippen LogP contribution in [0.25, 0.3) is 0 Å². The van der Waals surface area contributed by atoms with Crippen molar-refractivity contribution >= 4 is 29.3 Å². The molecule has 0 unspecified atom stereocenters. The van der Waals surface area contributed by atoms with Gasteiger partial charge in [0.1, 0.15) is 0 Å². The van der Waals surface area contributed by atoms with Gasteiger partial charge in [0.15, 0.2) is 11.6 Å². The second-order valence-electron chi connectivity index (χ2n) is 5.19. The zero-order valence-corrected chi connectivity index (χ0v) is 14.9. The first kappa shape index (κ1) is 18.6. The quantitative estimate of drug-likeness (QED) is 0.764. The molecule has 1 amide bonds. The molecular formula is C18H19ClFNO2S. The third-order valence-corrected chi connectivity index (χ3v) is 4.62. The lowest BCUT2D eigenvalue weighted by Crippen LogP contribution is -2.27. The second-order valence-corrected chi connectivity index (χ2v) is 6.61. The first-order valence-corrected chi connectivity index (χ1v) is 9.03. The summed E-state index contributed by atoms with van der Waals surface area (Å²) in [4.78, 5) is 11.8. The number of carbonyl (C=O) groups excluding carboxylic acids is 1. The van der Waals surface area contributed by atoms with E-state index in [9.17, 15) is 9.18 Å². The van der Waals surface area contributed by atoms with Gasteiger partial charge in [-0.25, -0.2) is 4.39 Å². The largest absolute Gasteiger partial charge is 0.494 e. The molecule has 3 nitrogen and oxygen atoms in total. The van der Waals surface area contributed by atoms with Crippen molar-refractivity contribution in [3.63, 3.8) is 0 Å². The SMILES string of the molecule is COc1ccc(CSCC(=O)NCCc2ccc(Cl)cc2)cc1F. The number of amides is 1. The number of halogens is 2. The van der Waals surface area contributed by atoms with E-state index in [0.717, 1.165) is 17.5 Å². The molecule has 0 aliphatic carbocycles. The number of methoxy groups -OCH3 is 1. The molecule has 0 aliphatic heterocycles. The Morgan fingerprint density at radius 2 is 1.92 bits per heavy atom. The van der Waals surface area contributed by atoms with Crippen LogP contribution < -0.4 is 10.1 Å². The van der Waals surface area contributed by atoms with Gasteiger partial charge in [-0.3, -0.25) is 4.79 Å². The number of hydrogen-bond acceptors (Lipinski definition) is 3. The Balaban J connectivity index is 1.66. The number of nitrogens with one attached hydrogen (secondary N) is 1. The lowest BCUT2D eigenvalue weighted by atomic mass is 10.1. The molecule has 0 aliphatic rings. The highest BCUT2D eigenvalue weighted by molar-refractivity contribution is 7.99. The second kappa shape index (κ2) is 9.55. The van der Waals surface area contributed by atoms with E-state index in [1.54, 1.807) is 12.1 Å². The third-order valence-electron chi connectivity index (χ3n) is 3.37. The summed E-state index contributed by atoms with van der Waals surface area (Å²) < 4.78 is 18.4. The minimum atomic E-state index is -0.386. The number of benzene rings is 2. The van der Waals surface area contributed by atoms with Crippen LogP contribution in [0.1, 0.15) is 11.1 Å². The van der Waals surface area contributed by atoms with Gasteiger partial charge in [0.2, 0.25) is 5.91 Å². The minimum absolute atomic E-state index is 0.0250. The van der Waals surface area contributed by atoms with Crippen LogP contribution in [0.2, 0.25) is 5.02 Å². The Morgan fingerprint density at radius 3 is 2.58 bits per heavy atom. The average Bonchev–Trinajstić information content (AvgIpc) is 2.57. The van der Waals surface area contributed by atoms with Gasteiger partial charge in [-0.1, -0.05) is 29.8 Å². The van der Waals surface area contributed by atoms with Crippen molar-refractivity contribution in [1.29, 1.82) is 0 Å². The summed E-state index contributed by atoms with van der Waals surface area (Å²) in [6.45, 7) is 0.582. The van der Waals surface area contributed by atoms with Crippen LogP contribution in [0.3, 0.4) is 0 Å². The summed E-state index contributed by atoms with van der Waals surface area (Å²) in [6.07, 6.45) is 0.761. The molecule has 0 aromatic heterocycles. The molecule has 0 heterocycles. The molecule has 24 heavy (non-hydrogen) atoms. The maximum absolute atomic E-state index is 13.6. The zero-order valence-electron chi connectivity index (χ0n) is 13.4. The van der Waals surface area contributed by atoms with Crippen LogP contribution in [0.5, 0.6) is 5.75 Å². The molecule has 2 aromatic rings. The molecule has 128 valence electrons. The predicted molar refractivity (Wildman–Crippen MR) is 97.3 cm³/mol. The van der Waals surface area contributed by atoms with E-state index < -0.39 is 0 Å². The van der Waals surface area contributed by atoms with Crippen LogP contribution in [-0.4, -0.2) is 25.3 Å².